The first-order chi connectivity index (χ1) is 10.0. The molecule has 116 valence electrons. The van der Waals surface area contributed by atoms with E-state index >= 15 is 0 Å². The highest BCUT2D eigenvalue weighted by molar-refractivity contribution is 7.89. The van der Waals surface area contributed by atoms with Gasteiger partial charge in [-0.05, 0) is 55.7 Å². The second kappa shape index (κ2) is 5.61. The zero-order chi connectivity index (χ0) is 14.9. The van der Waals surface area contributed by atoms with Crippen molar-refractivity contribution in [3.63, 3.8) is 0 Å². The average Bonchev–Trinajstić information content (AvgIpc) is 3.32. The Balaban J connectivity index is 1.71. The fraction of sp³-hybridized carbons (Fsp3) is 0.625. The molecule has 0 radical (unpaired) electrons. The van der Waals surface area contributed by atoms with Crippen LogP contribution in [-0.4, -0.2) is 20.8 Å². The third-order valence-corrected chi connectivity index (χ3v) is 5.79. The van der Waals surface area contributed by atoms with Crippen molar-refractivity contribution >= 4 is 10.0 Å². The predicted octanol–water partition coefficient (Wildman–Crippen LogP) is 2.79. The normalized spacial score (nSPS) is 20.2. The second-order valence-corrected chi connectivity index (χ2v) is 8.13. The molecule has 21 heavy (non-hydrogen) atoms. The Kier molecular flexibility index (Phi) is 3.97. The van der Waals surface area contributed by atoms with E-state index in [1.54, 1.807) is 0 Å². The highest BCUT2D eigenvalue weighted by Crippen LogP contribution is 2.47. The van der Waals surface area contributed by atoms with Crippen LogP contribution in [0.5, 0.6) is 5.75 Å². The summed E-state index contributed by atoms with van der Waals surface area (Å²) in [5, 5.41) is 0. The van der Waals surface area contributed by atoms with E-state index in [0.717, 1.165) is 30.8 Å². The lowest BCUT2D eigenvalue weighted by Crippen LogP contribution is -2.36. The fourth-order valence-corrected chi connectivity index (χ4v) is 4.13. The van der Waals surface area contributed by atoms with Crippen LogP contribution < -0.4 is 9.46 Å². The Hall–Kier alpha value is -1.07. The summed E-state index contributed by atoms with van der Waals surface area (Å²) in [6, 6.07) is 7.88. The number of sulfonamides is 1. The van der Waals surface area contributed by atoms with Gasteiger partial charge in [-0.1, -0.05) is 19.1 Å². The highest BCUT2D eigenvalue weighted by Gasteiger charge is 2.47. The quantitative estimate of drug-likeness (QED) is 0.803. The average molecular weight is 309 g/mol. The molecule has 0 amide bonds. The molecule has 1 aromatic rings. The summed E-state index contributed by atoms with van der Waals surface area (Å²) >= 11 is 0. The van der Waals surface area contributed by atoms with Crippen LogP contribution >= 0.6 is 0 Å². The zero-order valence-corrected chi connectivity index (χ0v) is 13.3. The standard InChI is InChI=1S/C16H23NO3S/c1-2-10-21(18,19)17-16(8-9-16)14-4-3-5-15(11-14)20-12-13-6-7-13/h3-5,11,13,17H,2,6-10,12H2,1H3. The Bertz CT molecular complexity index is 604. The van der Waals surface area contributed by atoms with Crippen molar-refractivity contribution in [2.24, 2.45) is 5.92 Å². The molecule has 3 rings (SSSR count). The largest absolute Gasteiger partial charge is 0.493 e. The smallest absolute Gasteiger partial charge is 0.212 e. The maximum absolute atomic E-state index is 12.0. The van der Waals surface area contributed by atoms with Gasteiger partial charge < -0.3 is 4.74 Å². The highest BCUT2D eigenvalue weighted by atomic mass is 32.2. The van der Waals surface area contributed by atoms with Crippen molar-refractivity contribution in [2.75, 3.05) is 12.4 Å². The third kappa shape index (κ3) is 3.77. The molecule has 2 aliphatic carbocycles. The van der Waals surface area contributed by atoms with Crippen molar-refractivity contribution in [3.8, 4) is 5.75 Å². The van der Waals surface area contributed by atoms with Crippen LogP contribution in [0, 0.1) is 5.92 Å². The molecule has 0 aromatic heterocycles. The summed E-state index contributed by atoms with van der Waals surface area (Å²) in [7, 11) is -3.19. The second-order valence-electron chi connectivity index (χ2n) is 6.29. The Labute approximate surface area is 126 Å². The minimum Gasteiger partial charge on any atom is -0.493 e. The molecule has 0 aliphatic heterocycles. The number of ether oxygens (including phenoxy) is 1. The lowest BCUT2D eigenvalue weighted by molar-refractivity contribution is 0.299. The molecule has 0 saturated heterocycles. The molecule has 0 atom stereocenters. The molecule has 1 aromatic carbocycles. The molecular formula is C16H23NO3S. The summed E-state index contributed by atoms with van der Waals surface area (Å²) < 4.78 is 32.7. The molecule has 0 heterocycles. The first-order valence-corrected chi connectivity index (χ1v) is 9.43. The molecule has 0 unspecified atom stereocenters. The molecule has 0 spiro atoms. The number of nitrogens with one attached hydrogen (secondary N) is 1. The SMILES string of the molecule is CCCS(=O)(=O)NC1(c2cccc(OCC3CC3)c2)CC1. The lowest BCUT2D eigenvalue weighted by atomic mass is 10.1. The van der Waals surface area contributed by atoms with E-state index in [1.807, 2.05) is 31.2 Å². The van der Waals surface area contributed by atoms with Gasteiger partial charge in [0.05, 0.1) is 17.9 Å². The molecule has 2 saturated carbocycles. The van der Waals surface area contributed by atoms with Gasteiger partial charge in [-0.2, -0.15) is 0 Å². The van der Waals surface area contributed by atoms with E-state index in [9.17, 15) is 8.42 Å². The number of hydrogen-bond donors (Lipinski definition) is 1. The zero-order valence-electron chi connectivity index (χ0n) is 12.5. The van der Waals surface area contributed by atoms with Gasteiger partial charge in [-0.3, -0.25) is 0 Å². The molecule has 2 aliphatic rings. The van der Waals surface area contributed by atoms with Gasteiger partial charge >= 0.3 is 0 Å². The van der Waals surface area contributed by atoms with Gasteiger partial charge in [0.25, 0.3) is 0 Å². The molecule has 0 bridgehead atoms. The van der Waals surface area contributed by atoms with E-state index in [4.69, 9.17) is 4.74 Å². The van der Waals surface area contributed by atoms with Crippen molar-refractivity contribution in [3.05, 3.63) is 29.8 Å². The van der Waals surface area contributed by atoms with Crippen molar-refractivity contribution < 1.29 is 13.2 Å². The van der Waals surface area contributed by atoms with E-state index in [1.165, 1.54) is 12.8 Å². The van der Waals surface area contributed by atoms with Gasteiger partial charge in [0.15, 0.2) is 0 Å². The van der Waals surface area contributed by atoms with E-state index in [0.29, 0.717) is 12.3 Å². The van der Waals surface area contributed by atoms with E-state index in [-0.39, 0.29) is 5.75 Å². The number of benzene rings is 1. The predicted molar refractivity (Wildman–Crippen MR) is 82.8 cm³/mol. The maximum atomic E-state index is 12.0. The van der Waals surface area contributed by atoms with Crippen LogP contribution in [-0.2, 0) is 15.6 Å². The molecule has 2 fully saturated rings. The van der Waals surface area contributed by atoms with Crippen LogP contribution in [0.25, 0.3) is 0 Å². The van der Waals surface area contributed by atoms with Crippen LogP contribution in [0.4, 0.5) is 0 Å². The topological polar surface area (TPSA) is 55.4 Å². The Morgan fingerprint density at radius 2 is 2.10 bits per heavy atom. The maximum Gasteiger partial charge on any atom is 0.212 e. The molecule has 1 N–H and O–H groups in total. The summed E-state index contributed by atoms with van der Waals surface area (Å²) in [5.74, 6) is 1.75. The minimum atomic E-state index is -3.19. The van der Waals surface area contributed by atoms with Crippen molar-refractivity contribution in [1.82, 2.24) is 4.72 Å². The van der Waals surface area contributed by atoms with E-state index < -0.39 is 15.6 Å². The first-order valence-electron chi connectivity index (χ1n) is 7.78. The van der Waals surface area contributed by atoms with Gasteiger partial charge in [0.1, 0.15) is 5.75 Å². The summed E-state index contributed by atoms with van der Waals surface area (Å²) in [5.41, 5.74) is 0.628. The monoisotopic (exact) mass is 309 g/mol. The summed E-state index contributed by atoms with van der Waals surface area (Å²) in [6.45, 7) is 2.66. The van der Waals surface area contributed by atoms with Crippen LogP contribution in [0.15, 0.2) is 24.3 Å². The van der Waals surface area contributed by atoms with Crippen molar-refractivity contribution in [2.45, 2.75) is 44.6 Å². The minimum absolute atomic E-state index is 0.187. The van der Waals surface area contributed by atoms with E-state index in [2.05, 4.69) is 4.72 Å². The number of rotatable bonds is 8. The van der Waals surface area contributed by atoms with Crippen LogP contribution in [0.3, 0.4) is 0 Å². The van der Waals surface area contributed by atoms with Gasteiger partial charge in [-0.15, -0.1) is 0 Å². The van der Waals surface area contributed by atoms with Crippen molar-refractivity contribution in [1.29, 1.82) is 0 Å². The third-order valence-electron chi connectivity index (χ3n) is 4.14. The van der Waals surface area contributed by atoms with Gasteiger partial charge in [0.2, 0.25) is 10.0 Å². The van der Waals surface area contributed by atoms with Gasteiger partial charge in [-0.25, -0.2) is 13.1 Å². The first kappa shape index (κ1) is 14.9. The number of hydrogen-bond acceptors (Lipinski definition) is 3. The molecule has 4 nitrogen and oxygen atoms in total. The summed E-state index contributed by atoms with van der Waals surface area (Å²) in [6.07, 6.45) is 4.89. The Morgan fingerprint density at radius 3 is 2.71 bits per heavy atom. The van der Waals surface area contributed by atoms with Crippen LogP contribution in [0.1, 0.15) is 44.6 Å². The molecule has 5 heteroatoms. The summed E-state index contributed by atoms with van der Waals surface area (Å²) in [4.78, 5) is 0. The molecular weight excluding hydrogens is 286 g/mol. The van der Waals surface area contributed by atoms with Gasteiger partial charge in [0, 0.05) is 0 Å². The van der Waals surface area contributed by atoms with Crippen LogP contribution in [0.2, 0.25) is 0 Å². The fourth-order valence-electron chi connectivity index (χ4n) is 2.57. The Morgan fingerprint density at radius 1 is 1.33 bits per heavy atom. The lowest BCUT2D eigenvalue weighted by Gasteiger charge is -2.18.